The largest absolute Gasteiger partial charge is 0.465 e. The summed E-state index contributed by atoms with van der Waals surface area (Å²) >= 11 is 0. The van der Waals surface area contributed by atoms with Gasteiger partial charge in [0.2, 0.25) is 0 Å². The lowest BCUT2D eigenvalue weighted by molar-refractivity contribution is -0.158. The van der Waals surface area contributed by atoms with Crippen LogP contribution in [0.2, 0.25) is 0 Å². The van der Waals surface area contributed by atoms with Crippen molar-refractivity contribution in [3.05, 3.63) is 0 Å². The molecule has 0 aromatic rings. The molecular weight excluding hydrogens is 598 g/mol. The molecule has 10 nitrogen and oxygen atoms in total. The second-order valence-corrected chi connectivity index (χ2v) is 18.5. The van der Waals surface area contributed by atoms with Gasteiger partial charge < -0.3 is 34.9 Å². The number of nitrogens with one attached hydrogen (secondary N) is 3. The zero-order chi connectivity index (χ0) is 35.7. The number of ether oxygens (including phenoxy) is 4. The minimum atomic E-state index is -1.08. The molecule has 0 spiro atoms. The normalized spacial score (nSPS) is 29.2. The van der Waals surface area contributed by atoms with Crippen molar-refractivity contribution < 1.29 is 33.3 Å². The molecule has 0 radical (unpaired) electrons. The topological polar surface area (TPSA) is 124 Å². The fraction of sp³-hybridized carbons (Fsp3) is 0.919. The Hall–Kier alpha value is -1.75. The molecule has 3 unspecified atom stereocenters. The van der Waals surface area contributed by atoms with Gasteiger partial charge >= 0.3 is 17.9 Å². The summed E-state index contributed by atoms with van der Waals surface area (Å²) in [5.74, 6) is -0.574. The van der Waals surface area contributed by atoms with E-state index in [1.54, 1.807) is 0 Å². The van der Waals surface area contributed by atoms with E-state index in [4.69, 9.17) is 18.9 Å². The highest BCUT2D eigenvalue weighted by molar-refractivity contribution is 5.73. The average molecular weight is 666 g/mol. The molecule has 0 aliphatic carbocycles. The highest BCUT2D eigenvalue weighted by Crippen LogP contribution is 2.38. The highest BCUT2D eigenvalue weighted by atomic mass is 16.5. The standard InChI is InChI=1S/C37H67N3O7/c1-31(2)18-25(34(7,8)38-31)22-45-28(41)14-16-37(44-13,21-30(43)47-24-27-20-33(5,6)40-36(27,11)12)17-15-29(42)46-23-26-19-32(3,4)39-35(26,9)10/h25-27,38-40H,14-24H2,1-13H3. The molecule has 47 heavy (non-hydrogen) atoms. The molecule has 10 heteroatoms. The first-order valence-corrected chi connectivity index (χ1v) is 17.7. The minimum Gasteiger partial charge on any atom is -0.465 e. The Morgan fingerprint density at radius 3 is 1.11 bits per heavy atom. The van der Waals surface area contributed by atoms with Crippen molar-refractivity contribution in [1.29, 1.82) is 0 Å². The van der Waals surface area contributed by atoms with Gasteiger partial charge in [-0.3, -0.25) is 14.4 Å². The monoisotopic (exact) mass is 665 g/mol. The molecule has 3 fully saturated rings. The number of carbonyl (C=O) groups is 3. The van der Waals surface area contributed by atoms with Crippen LogP contribution in [-0.2, 0) is 33.3 Å². The Bertz CT molecular complexity index is 1070. The fourth-order valence-corrected chi connectivity index (χ4v) is 8.77. The van der Waals surface area contributed by atoms with Crippen molar-refractivity contribution in [3.8, 4) is 0 Å². The lowest BCUT2D eigenvalue weighted by atomic mass is 9.87. The van der Waals surface area contributed by atoms with Crippen LogP contribution in [0.25, 0.3) is 0 Å². The molecule has 3 aliphatic heterocycles. The van der Waals surface area contributed by atoms with Crippen LogP contribution in [0.5, 0.6) is 0 Å². The lowest BCUT2D eigenvalue weighted by Crippen LogP contribution is -2.46. The van der Waals surface area contributed by atoms with Crippen LogP contribution in [0.15, 0.2) is 0 Å². The van der Waals surface area contributed by atoms with Crippen LogP contribution in [-0.4, -0.2) is 83.7 Å². The maximum Gasteiger partial charge on any atom is 0.308 e. The maximum absolute atomic E-state index is 13.3. The van der Waals surface area contributed by atoms with Crippen molar-refractivity contribution in [3.63, 3.8) is 0 Å². The van der Waals surface area contributed by atoms with E-state index >= 15 is 0 Å². The second-order valence-electron chi connectivity index (χ2n) is 18.5. The molecular formula is C37H67N3O7. The van der Waals surface area contributed by atoms with E-state index in [1.165, 1.54) is 7.11 Å². The number of carbonyl (C=O) groups excluding carboxylic acids is 3. The van der Waals surface area contributed by atoms with Gasteiger partial charge in [0.15, 0.2) is 0 Å². The first-order chi connectivity index (χ1) is 21.3. The quantitative estimate of drug-likeness (QED) is 0.154. The van der Waals surface area contributed by atoms with Gasteiger partial charge in [0, 0.05) is 70.9 Å². The molecule has 0 saturated carbocycles. The Morgan fingerprint density at radius 2 is 0.851 bits per heavy atom. The summed E-state index contributed by atoms with van der Waals surface area (Å²) in [5, 5.41) is 10.9. The lowest BCUT2D eigenvalue weighted by Gasteiger charge is -2.32. The predicted molar refractivity (Wildman–Crippen MR) is 184 cm³/mol. The van der Waals surface area contributed by atoms with E-state index in [0.29, 0.717) is 13.2 Å². The smallest absolute Gasteiger partial charge is 0.308 e. The zero-order valence-corrected chi connectivity index (χ0v) is 31.9. The minimum absolute atomic E-state index is 0.0273. The number of hydrogen-bond donors (Lipinski definition) is 3. The molecule has 3 N–H and O–H groups in total. The second kappa shape index (κ2) is 14.2. The van der Waals surface area contributed by atoms with Gasteiger partial charge in [-0.2, -0.15) is 0 Å². The number of hydrogen-bond acceptors (Lipinski definition) is 10. The van der Waals surface area contributed by atoms with Crippen LogP contribution >= 0.6 is 0 Å². The molecule has 0 bridgehead atoms. The first kappa shape index (κ1) is 39.7. The van der Waals surface area contributed by atoms with Gasteiger partial charge in [-0.15, -0.1) is 0 Å². The van der Waals surface area contributed by atoms with Gasteiger partial charge in [0.05, 0.1) is 31.8 Å². The first-order valence-electron chi connectivity index (χ1n) is 17.7. The number of esters is 3. The summed E-state index contributed by atoms with van der Waals surface area (Å²) in [6, 6.07) is 0. The molecule has 0 aromatic carbocycles. The third-order valence-corrected chi connectivity index (χ3v) is 11.1. The molecule has 0 aromatic heterocycles. The Balaban J connectivity index is 1.62. The van der Waals surface area contributed by atoms with Gasteiger partial charge in [0.25, 0.3) is 0 Å². The Labute approximate surface area is 284 Å². The van der Waals surface area contributed by atoms with Crippen molar-refractivity contribution in [2.75, 3.05) is 26.9 Å². The molecule has 272 valence electrons. The SMILES string of the molecule is COC(CCC(=O)OCC1CC(C)(C)NC1(C)C)(CCC(=O)OCC1CC(C)(C)NC1(C)C)CC(=O)OCC1CC(C)(C)NC1(C)C. The molecule has 3 heterocycles. The summed E-state index contributed by atoms with van der Waals surface area (Å²) in [6.07, 6.45) is 3.18. The summed E-state index contributed by atoms with van der Waals surface area (Å²) < 4.78 is 23.3. The van der Waals surface area contributed by atoms with Gasteiger partial charge in [-0.05, 0) is 115 Å². The summed E-state index contributed by atoms with van der Waals surface area (Å²) in [6.45, 7) is 26.7. The van der Waals surface area contributed by atoms with Crippen LogP contribution in [0.3, 0.4) is 0 Å². The van der Waals surface area contributed by atoms with E-state index < -0.39 is 11.6 Å². The third-order valence-electron chi connectivity index (χ3n) is 11.1. The van der Waals surface area contributed by atoms with Crippen LogP contribution in [0.4, 0.5) is 0 Å². The molecule has 0 amide bonds. The zero-order valence-electron chi connectivity index (χ0n) is 31.9. The van der Waals surface area contributed by atoms with Gasteiger partial charge in [-0.1, -0.05) is 0 Å². The van der Waals surface area contributed by atoms with E-state index in [2.05, 4.69) is 99.0 Å². The van der Waals surface area contributed by atoms with Crippen molar-refractivity contribution >= 4 is 17.9 Å². The maximum atomic E-state index is 13.3. The molecule has 3 saturated heterocycles. The van der Waals surface area contributed by atoms with Crippen molar-refractivity contribution in [1.82, 2.24) is 16.0 Å². The van der Waals surface area contributed by atoms with Crippen LogP contribution in [0.1, 0.15) is 134 Å². The van der Waals surface area contributed by atoms with E-state index in [9.17, 15) is 14.4 Å². The highest BCUT2D eigenvalue weighted by Gasteiger charge is 2.47. The third kappa shape index (κ3) is 11.1. The number of methoxy groups -OCH3 is 1. The summed E-state index contributed by atoms with van der Waals surface area (Å²) in [7, 11) is 1.53. The fourth-order valence-electron chi connectivity index (χ4n) is 8.77. The summed E-state index contributed by atoms with van der Waals surface area (Å²) in [4.78, 5) is 39.4. The molecule has 3 aliphatic rings. The van der Waals surface area contributed by atoms with Crippen LogP contribution < -0.4 is 16.0 Å². The average Bonchev–Trinajstić information content (AvgIpc) is 3.37. The van der Waals surface area contributed by atoms with E-state index in [1.807, 2.05) is 0 Å². The molecule has 3 rings (SSSR count). The molecule has 3 atom stereocenters. The Kier molecular flexibility index (Phi) is 12.0. The van der Waals surface area contributed by atoms with E-state index in [-0.39, 0.29) is 102 Å². The van der Waals surface area contributed by atoms with Crippen molar-refractivity contribution in [2.24, 2.45) is 17.8 Å². The number of rotatable bonds is 15. The summed E-state index contributed by atoms with van der Waals surface area (Å²) in [5.41, 5.74) is -1.65. The van der Waals surface area contributed by atoms with Crippen LogP contribution in [0, 0.1) is 17.8 Å². The van der Waals surface area contributed by atoms with Crippen molar-refractivity contribution in [2.45, 2.75) is 173 Å². The van der Waals surface area contributed by atoms with E-state index in [0.717, 1.165) is 19.3 Å². The predicted octanol–water partition coefficient (Wildman–Crippen LogP) is 5.45. The Morgan fingerprint density at radius 1 is 0.553 bits per heavy atom. The van der Waals surface area contributed by atoms with Gasteiger partial charge in [-0.25, -0.2) is 0 Å². The van der Waals surface area contributed by atoms with Gasteiger partial charge in [0.1, 0.15) is 0 Å².